The number of carbonyl (C=O) groups is 2. The highest BCUT2D eigenvalue weighted by Crippen LogP contribution is 2.40. The number of phenolic OH excluding ortho intramolecular Hbond substituents is 1. The van der Waals surface area contributed by atoms with Gasteiger partial charge in [-0.15, -0.1) is 0 Å². The number of benzene rings is 2. The van der Waals surface area contributed by atoms with Gasteiger partial charge >= 0.3 is 0 Å². The Labute approximate surface area is 170 Å². The van der Waals surface area contributed by atoms with Gasteiger partial charge in [0, 0.05) is 12.1 Å². The molecule has 0 aliphatic carbocycles. The second-order valence-corrected chi connectivity index (χ2v) is 7.28. The fourth-order valence-electron chi connectivity index (χ4n) is 3.51. The fraction of sp³-hybridized carbons (Fsp3) is 0.304. The molecule has 1 heterocycles. The zero-order valence-electron chi connectivity index (χ0n) is 16.8. The highest BCUT2D eigenvalue weighted by atomic mass is 16.5. The first-order valence-electron chi connectivity index (χ1n) is 9.68. The molecular formula is C23H25NO5. The average molecular weight is 395 g/mol. The summed E-state index contributed by atoms with van der Waals surface area (Å²) in [6, 6.07) is 12.4. The van der Waals surface area contributed by atoms with Crippen LogP contribution in [0.4, 0.5) is 0 Å². The molecule has 0 bridgehead atoms. The van der Waals surface area contributed by atoms with Crippen molar-refractivity contribution in [2.24, 2.45) is 0 Å². The summed E-state index contributed by atoms with van der Waals surface area (Å²) in [7, 11) is 0. The topological polar surface area (TPSA) is 87.1 Å². The Bertz CT molecular complexity index is 946. The van der Waals surface area contributed by atoms with Crippen LogP contribution in [0.2, 0.25) is 0 Å². The molecule has 0 spiro atoms. The highest BCUT2D eigenvalue weighted by Gasteiger charge is 2.45. The zero-order valence-corrected chi connectivity index (χ0v) is 16.8. The Balaban J connectivity index is 2.09. The van der Waals surface area contributed by atoms with Gasteiger partial charge in [-0.05, 0) is 62.2 Å². The molecule has 0 radical (unpaired) electrons. The van der Waals surface area contributed by atoms with Crippen LogP contribution in [-0.2, 0) is 9.59 Å². The minimum absolute atomic E-state index is 0.0135. The lowest BCUT2D eigenvalue weighted by atomic mass is 9.95. The number of aliphatic hydroxyl groups is 1. The van der Waals surface area contributed by atoms with Crippen molar-refractivity contribution in [1.82, 2.24) is 4.90 Å². The van der Waals surface area contributed by atoms with Crippen LogP contribution in [0.5, 0.6) is 11.5 Å². The van der Waals surface area contributed by atoms with Crippen molar-refractivity contribution in [3.05, 3.63) is 65.2 Å². The summed E-state index contributed by atoms with van der Waals surface area (Å²) < 4.78 is 5.61. The van der Waals surface area contributed by atoms with Gasteiger partial charge in [0.05, 0.1) is 17.7 Å². The predicted octanol–water partition coefficient (Wildman–Crippen LogP) is 4.01. The number of ether oxygens (including phenoxy) is 1. The summed E-state index contributed by atoms with van der Waals surface area (Å²) in [6.07, 6.45) is 0.670. The molecule has 1 aliphatic heterocycles. The van der Waals surface area contributed by atoms with Crippen LogP contribution in [0.25, 0.3) is 5.76 Å². The Kier molecular flexibility index (Phi) is 5.92. The van der Waals surface area contributed by atoms with E-state index in [9.17, 15) is 19.8 Å². The van der Waals surface area contributed by atoms with Gasteiger partial charge in [0.1, 0.15) is 17.3 Å². The number of hydrogen-bond donors (Lipinski definition) is 2. The maximum Gasteiger partial charge on any atom is 0.295 e. The number of rotatable bonds is 6. The van der Waals surface area contributed by atoms with Gasteiger partial charge in [-0.1, -0.05) is 19.1 Å². The van der Waals surface area contributed by atoms with E-state index in [1.807, 2.05) is 20.8 Å². The van der Waals surface area contributed by atoms with Gasteiger partial charge in [-0.25, -0.2) is 0 Å². The van der Waals surface area contributed by atoms with Crippen LogP contribution in [0.1, 0.15) is 44.4 Å². The first-order chi connectivity index (χ1) is 13.8. The first kappa shape index (κ1) is 20.5. The van der Waals surface area contributed by atoms with Gasteiger partial charge in [0.25, 0.3) is 11.7 Å². The molecular weight excluding hydrogens is 370 g/mol. The van der Waals surface area contributed by atoms with E-state index in [-0.39, 0.29) is 23.2 Å². The SMILES string of the molecule is CCCN1C(=O)C(=O)/C(=C(\O)c2ccc(OC(C)C)cc2)C1c1cccc(O)c1. The molecule has 29 heavy (non-hydrogen) atoms. The molecule has 2 N–H and O–H groups in total. The molecule has 2 aromatic carbocycles. The zero-order chi connectivity index (χ0) is 21.1. The second kappa shape index (κ2) is 8.39. The minimum Gasteiger partial charge on any atom is -0.508 e. The molecule has 152 valence electrons. The van der Waals surface area contributed by atoms with Crippen LogP contribution in [0.3, 0.4) is 0 Å². The molecule has 1 amide bonds. The summed E-state index contributed by atoms with van der Waals surface area (Å²) in [6.45, 7) is 6.10. The number of aliphatic hydroxyl groups excluding tert-OH is 1. The first-order valence-corrected chi connectivity index (χ1v) is 9.68. The van der Waals surface area contributed by atoms with Crippen molar-refractivity contribution in [3.63, 3.8) is 0 Å². The van der Waals surface area contributed by atoms with Crippen LogP contribution < -0.4 is 4.74 Å². The fourth-order valence-corrected chi connectivity index (χ4v) is 3.51. The largest absolute Gasteiger partial charge is 0.508 e. The molecule has 6 heteroatoms. The number of amides is 1. The van der Waals surface area contributed by atoms with Crippen molar-refractivity contribution >= 4 is 17.4 Å². The summed E-state index contributed by atoms with van der Waals surface area (Å²) in [4.78, 5) is 26.9. The minimum atomic E-state index is -0.756. The molecule has 1 atom stereocenters. The number of carbonyl (C=O) groups excluding carboxylic acids is 2. The summed E-state index contributed by atoms with van der Waals surface area (Å²) in [5.74, 6) is -0.952. The predicted molar refractivity (Wildman–Crippen MR) is 110 cm³/mol. The summed E-state index contributed by atoms with van der Waals surface area (Å²) in [5.41, 5.74) is 1.01. The van der Waals surface area contributed by atoms with Crippen molar-refractivity contribution in [3.8, 4) is 11.5 Å². The van der Waals surface area contributed by atoms with E-state index in [1.165, 1.54) is 17.0 Å². The lowest BCUT2D eigenvalue weighted by Gasteiger charge is -2.25. The van der Waals surface area contributed by atoms with E-state index in [0.29, 0.717) is 29.8 Å². The van der Waals surface area contributed by atoms with Crippen LogP contribution in [0.15, 0.2) is 54.1 Å². The number of nitrogens with zero attached hydrogens (tertiary/aromatic N) is 1. The lowest BCUT2D eigenvalue weighted by Crippen LogP contribution is -2.30. The molecule has 0 aromatic heterocycles. The van der Waals surface area contributed by atoms with Crippen molar-refractivity contribution in [1.29, 1.82) is 0 Å². The van der Waals surface area contributed by atoms with Crippen molar-refractivity contribution in [2.45, 2.75) is 39.3 Å². The molecule has 6 nitrogen and oxygen atoms in total. The number of hydrogen-bond acceptors (Lipinski definition) is 5. The Hall–Kier alpha value is -3.28. The Morgan fingerprint density at radius 3 is 2.41 bits per heavy atom. The average Bonchev–Trinajstić information content (AvgIpc) is 2.93. The van der Waals surface area contributed by atoms with Crippen LogP contribution >= 0.6 is 0 Å². The third-order valence-corrected chi connectivity index (χ3v) is 4.69. The monoisotopic (exact) mass is 395 g/mol. The van der Waals surface area contributed by atoms with Gasteiger partial charge in [-0.3, -0.25) is 9.59 Å². The number of Topliss-reactive ketones (excluding diaryl/α,β-unsaturated/α-hetero) is 1. The third kappa shape index (κ3) is 4.11. The van der Waals surface area contributed by atoms with Gasteiger partial charge in [0.15, 0.2) is 0 Å². The standard InChI is InChI=1S/C23H25NO5/c1-4-12-24-20(16-6-5-7-17(25)13-16)19(22(27)23(24)28)21(26)15-8-10-18(11-9-15)29-14(2)3/h5-11,13-14,20,25-26H,4,12H2,1-3H3/b21-19-. The molecule has 1 aliphatic rings. The number of aromatic hydroxyl groups is 1. The van der Waals surface area contributed by atoms with Crippen LogP contribution in [-0.4, -0.2) is 39.5 Å². The van der Waals surface area contributed by atoms with Gasteiger partial charge < -0.3 is 19.8 Å². The maximum atomic E-state index is 12.8. The Morgan fingerprint density at radius 1 is 1.14 bits per heavy atom. The molecule has 1 fully saturated rings. The molecule has 1 unspecified atom stereocenters. The number of likely N-dealkylation sites (tertiary alicyclic amines) is 1. The van der Waals surface area contributed by atoms with Gasteiger partial charge in [-0.2, -0.15) is 0 Å². The van der Waals surface area contributed by atoms with E-state index in [1.54, 1.807) is 36.4 Å². The molecule has 0 saturated carbocycles. The van der Waals surface area contributed by atoms with E-state index in [2.05, 4.69) is 0 Å². The van der Waals surface area contributed by atoms with E-state index >= 15 is 0 Å². The normalized spacial score (nSPS) is 18.5. The molecule has 2 aromatic rings. The number of phenols is 1. The van der Waals surface area contributed by atoms with Crippen molar-refractivity contribution in [2.75, 3.05) is 6.54 Å². The lowest BCUT2D eigenvalue weighted by molar-refractivity contribution is -0.139. The molecule has 1 saturated heterocycles. The smallest absolute Gasteiger partial charge is 0.295 e. The quantitative estimate of drug-likeness (QED) is 0.438. The summed E-state index contributed by atoms with van der Waals surface area (Å²) in [5, 5.41) is 20.8. The number of ketones is 1. The second-order valence-electron chi connectivity index (χ2n) is 7.28. The third-order valence-electron chi connectivity index (χ3n) is 4.69. The maximum absolute atomic E-state index is 12.8. The van der Waals surface area contributed by atoms with E-state index < -0.39 is 17.7 Å². The highest BCUT2D eigenvalue weighted by molar-refractivity contribution is 6.46. The summed E-state index contributed by atoms with van der Waals surface area (Å²) >= 11 is 0. The van der Waals surface area contributed by atoms with Crippen molar-refractivity contribution < 1.29 is 24.5 Å². The van der Waals surface area contributed by atoms with E-state index in [4.69, 9.17) is 4.74 Å². The van der Waals surface area contributed by atoms with Gasteiger partial charge in [0.2, 0.25) is 0 Å². The Morgan fingerprint density at radius 2 is 1.83 bits per heavy atom. The molecule has 3 rings (SSSR count). The van der Waals surface area contributed by atoms with Crippen LogP contribution in [0, 0.1) is 0 Å². The van der Waals surface area contributed by atoms with E-state index in [0.717, 1.165) is 0 Å².